The summed E-state index contributed by atoms with van der Waals surface area (Å²) < 4.78 is 60.4. The van der Waals surface area contributed by atoms with E-state index in [9.17, 15) is 9.59 Å². The first-order valence-electron chi connectivity index (χ1n) is 22.6. The minimum atomic E-state index is -4.08. The van der Waals surface area contributed by atoms with Crippen molar-refractivity contribution in [2.75, 3.05) is 58.5 Å². The van der Waals surface area contributed by atoms with E-state index >= 15 is 8.42 Å². The molecule has 2 amide bonds. The van der Waals surface area contributed by atoms with Crippen molar-refractivity contribution < 1.29 is 41.7 Å². The van der Waals surface area contributed by atoms with E-state index in [0.29, 0.717) is 61.5 Å². The molecule has 4 aromatic carbocycles. The summed E-state index contributed by atoms with van der Waals surface area (Å²) in [6.45, 7) is 8.54. The van der Waals surface area contributed by atoms with Crippen molar-refractivity contribution in [3.05, 3.63) is 112 Å². The SMILES string of the molecule is COc1ccc(CN(Cc2ccc(OC)cc2)S(=O)(=O)c2ccc3c(c2)N(C[C@@H]2CC[C@H]2COC(=O)N[C@@H]2CCN(C(=O)OC(C)(C)C)C2)CC2(CCCc4cc(Cl)ccc42)CO3)cc1. The summed E-state index contributed by atoms with van der Waals surface area (Å²) in [5.41, 5.74) is 3.82. The second-order valence-electron chi connectivity index (χ2n) is 19.0. The number of benzene rings is 4. The highest BCUT2D eigenvalue weighted by atomic mass is 35.5. The maximum absolute atomic E-state index is 15.0. The van der Waals surface area contributed by atoms with Gasteiger partial charge >= 0.3 is 12.2 Å². The zero-order chi connectivity index (χ0) is 45.9. The Morgan fingerprint density at radius 2 is 1.57 bits per heavy atom. The Kier molecular flexibility index (Phi) is 13.8. The molecule has 13 nitrogen and oxygen atoms in total. The van der Waals surface area contributed by atoms with Crippen molar-refractivity contribution >= 4 is 39.5 Å². The van der Waals surface area contributed by atoms with Gasteiger partial charge in [0.25, 0.3) is 0 Å². The number of likely N-dealkylation sites (tertiary alicyclic amines) is 1. The van der Waals surface area contributed by atoms with Crippen LogP contribution in [0, 0.1) is 11.8 Å². The molecule has 1 unspecified atom stereocenters. The Morgan fingerprint density at radius 1 is 0.892 bits per heavy atom. The van der Waals surface area contributed by atoms with E-state index in [4.69, 9.17) is 35.3 Å². The number of aryl methyl sites for hydroxylation is 1. The molecule has 0 radical (unpaired) electrons. The molecule has 4 aliphatic rings. The van der Waals surface area contributed by atoms with E-state index in [-0.39, 0.29) is 54.0 Å². The van der Waals surface area contributed by atoms with Crippen LogP contribution in [-0.2, 0) is 44.4 Å². The average molecular weight is 930 g/mol. The molecule has 1 spiro atoms. The number of hydrogen-bond donors (Lipinski definition) is 1. The van der Waals surface area contributed by atoms with Gasteiger partial charge in [-0.25, -0.2) is 18.0 Å². The monoisotopic (exact) mass is 928 g/mol. The highest BCUT2D eigenvalue weighted by Crippen LogP contribution is 2.47. The van der Waals surface area contributed by atoms with E-state index in [1.54, 1.807) is 37.3 Å². The number of sulfonamides is 1. The number of amides is 2. The topological polar surface area (TPSA) is 136 Å². The van der Waals surface area contributed by atoms with Crippen molar-refractivity contribution in [2.24, 2.45) is 11.8 Å². The van der Waals surface area contributed by atoms with Gasteiger partial charge in [0.2, 0.25) is 10.0 Å². The first-order valence-corrected chi connectivity index (χ1v) is 24.4. The first-order chi connectivity index (χ1) is 31.1. The molecule has 0 aromatic heterocycles. The molecule has 1 saturated carbocycles. The van der Waals surface area contributed by atoms with E-state index in [0.717, 1.165) is 48.9 Å². The van der Waals surface area contributed by atoms with Crippen LogP contribution in [0.15, 0.2) is 89.8 Å². The van der Waals surface area contributed by atoms with E-state index in [2.05, 4.69) is 22.3 Å². The zero-order valence-corrected chi connectivity index (χ0v) is 39.6. The van der Waals surface area contributed by atoms with Gasteiger partial charge < -0.3 is 38.8 Å². The Bertz CT molecular complexity index is 2400. The molecule has 2 aliphatic heterocycles. The molecule has 4 aromatic rings. The van der Waals surface area contributed by atoms with Crippen LogP contribution >= 0.6 is 11.6 Å². The summed E-state index contributed by atoms with van der Waals surface area (Å²) in [7, 11) is -0.875. The lowest BCUT2D eigenvalue weighted by molar-refractivity contribution is 0.0288. The van der Waals surface area contributed by atoms with Crippen molar-refractivity contribution in [3.63, 3.8) is 0 Å². The standard InChI is InChI=1S/C50H61ClN4O9S/c1-49(2,3)64-48(57)53-24-22-40(30-53)52-47(56)62-31-38-13-12-37(38)29-54-32-50(23-6-7-36-25-39(51)14-20-44(36)50)33-63-46-21-19-43(26-45(46)54)65(58,59)55(27-34-8-15-41(60-4)16-9-34)28-35-10-17-42(61-5)18-11-35/h8-11,14-21,25-26,37-38,40H,6-7,12-13,22-24,27-33H2,1-5H3,(H,52,56)/t37-,38-,40+,50?/m0/s1. The number of nitrogens with zero attached hydrogens (tertiary/aromatic N) is 3. The molecule has 2 heterocycles. The van der Waals surface area contributed by atoms with Crippen LogP contribution in [0.25, 0.3) is 0 Å². The fraction of sp³-hybridized carbons (Fsp3) is 0.480. The van der Waals surface area contributed by atoms with Crippen LogP contribution in [0.1, 0.15) is 75.1 Å². The quantitative estimate of drug-likeness (QED) is 0.138. The van der Waals surface area contributed by atoms with Crippen LogP contribution in [0.4, 0.5) is 15.3 Å². The van der Waals surface area contributed by atoms with Crippen molar-refractivity contribution in [1.82, 2.24) is 14.5 Å². The molecule has 1 N–H and O–H groups in total. The zero-order valence-electron chi connectivity index (χ0n) is 38.0. The molecule has 0 bridgehead atoms. The third-order valence-corrected chi connectivity index (χ3v) is 15.3. The Labute approximate surface area is 388 Å². The minimum Gasteiger partial charge on any atom is -0.497 e. The van der Waals surface area contributed by atoms with Crippen LogP contribution in [0.3, 0.4) is 0 Å². The van der Waals surface area contributed by atoms with Gasteiger partial charge in [-0.05, 0) is 148 Å². The summed E-state index contributed by atoms with van der Waals surface area (Å²) in [6.07, 6.45) is 4.36. The predicted molar refractivity (Wildman–Crippen MR) is 250 cm³/mol. The molecule has 15 heteroatoms. The van der Waals surface area contributed by atoms with Gasteiger partial charge in [0.05, 0.1) is 44.1 Å². The number of anilines is 1. The molecule has 65 heavy (non-hydrogen) atoms. The molecule has 348 valence electrons. The first kappa shape index (κ1) is 46.4. The number of nitrogens with one attached hydrogen (secondary N) is 1. The number of carbonyl (C=O) groups excluding carboxylic acids is 2. The average Bonchev–Trinajstić information content (AvgIpc) is 3.69. The normalized spacial score (nSPS) is 21.7. The Hall–Kier alpha value is -5.18. The lowest BCUT2D eigenvalue weighted by Gasteiger charge is -2.44. The van der Waals surface area contributed by atoms with E-state index in [1.807, 2.05) is 75.4 Å². The summed E-state index contributed by atoms with van der Waals surface area (Å²) in [6, 6.07) is 26.0. The largest absolute Gasteiger partial charge is 0.497 e. The summed E-state index contributed by atoms with van der Waals surface area (Å²) in [5, 5.41) is 3.65. The van der Waals surface area contributed by atoms with Gasteiger partial charge in [0.1, 0.15) is 22.8 Å². The number of methoxy groups -OCH3 is 2. The molecule has 4 atom stereocenters. The number of hydrogen-bond acceptors (Lipinski definition) is 10. The maximum atomic E-state index is 15.0. The lowest BCUT2D eigenvalue weighted by atomic mass is 9.69. The smallest absolute Gasteiger partial charge is 0.410 e. The fourth-order valence-corrected chi connectivity index (χ4v) is 11.3. The number of alkyl carbamates (subject to hydrolysis) is 1. The Morgan fingerprint density at radius 3 is 2.20 bits per heavy atom. The van der Waals surface area contributed by atoms with Gasteiger partial charge in [0.15, 0.2) is 0 Å². The van der Waals surface area contributed by atoms with Gasteiger partial charge in [-0.1, -0.05) is 41.9 Å². The molecule has 8 rings (SSSR count). The molecule has 2 fully saturated rings. The van der Waals surface area contributed by atoms with Crippen LogP contribution < -0.4 is 24.4 Å². The number of rotatable bonds is 13. The minimum absolute atomic E-state index is 0.111. The van der Waals surface area contributed by atoms with Gasteiger partial charge in [-0.15, -0.1) is 0 Å². The van der Waals surface area contributed by atoms with Crippen molar-refractivity contribution in [1.29, 1.82) is 0 Å². The second kappa shape index (κ2) is 19.3. The van der Waals surface area contributed by atoms with Crippen molar-refractivity contribution in [2.45, 2.75) is 94.3 Å². The van der Waals surface area contributed by atoms with Crippen molar-refractivity contribution in [3.8, 4) is 17.2 Å². The summed E-state index contributed by atoms with van der Waals surface area (Å²) >= 11 is 6.53. The fourth-order valence-electron chi connectivity index (χ4n) is 9.64. The van der Waals surface area contributed by atoms with Gasteiger partial charge in [-0.2, -0.15) is 4.31 Å². The molecular formula is C50H61ClN4O9S. The van der Waals surface area contributed by atoms with Crippen LogP contribution in [-0.4, -0.2) is 95.1 Å². The number of halogens is 1. The number of fused-ring (bicyclic) bond motifs is 3. The summed E-state index contributed by atoms with van der Waals surface area (Å²) in [4.78, 5) is 29.8. The number of carbonyl (C=O) groups is 2. The van der Waals surface area contributed by atoms with Crippen LogP contribution in [0.5, 0.6) is 17.2 Å². The predicted octanol–water partition coefficient (Wildman–Crippen LogP) is 8.98. The van der Waals surface area contributed by atoms with E-state index < -0.39 is 21.7 Å². The van der Waals surface area contributed by atoms with E-state index in [1.165, 1.54) is 15.4 Å². The number of ether oxygens (including phenoxy) is 5. The third-order valence-electron chi connectivity index (χ3n) is 13.3. The van der Waals surface area contributed by atoms with Crippen LogP contribution in [0.2, 0.25) is 5.02 Å². The second-order valence-corrected chi connectivity index (χ2v) is 21.3. The third kappa shape index (κ3) is 10.8. The molecule has 2 aliphatic carbocycles. The Balaban J connectivity index is 1.04. The maximum Gasteiger partial charge on any atom is 0.410 e. The van der Waals surface area contributed by atoms with Gasteiger partial charge in [0, 0.05) is 49.7 Å². The molecule has 1 saturated heterocycles. The summed E-state index contributed by atoms with van der Waals surface area (Å²) in [5.74, 6) is 2.29. The lowest BCUT2D eigenvalue weighted by Crippen LogP contribution is -2.49. The van der Waals surface area contributed by atoms with Gasteiger partial charge in [-0.3, -0.25) is 0 Å². The highest BCUT2D eigenvalue weighted by Gasteiger charge is 2.44. The highest BCUT2D eigenvalue weighted by molar-refractivity contribution is 7.89. The molecular weight excluding hydrogens is 868 g/mol.